The molecule has 0 heterocycles. The highest BCUT2D eigenvalue weighted by atomic mass is 35.5. The molecule has 0 saturated heterocycles. The van der Waals surface area contributed by atoms with Crippen LogP contribution in [0.1, 0.15) is 0 Å². The lowest BCUT2D eigenvalue weighted by molar-refractivity contribution is -0.377. The van der Waals surface area contributed by atoms with E-state index in [2.05, 4.69) is 0 Å². The smallest absolute Gasteiger partial charge is 0.399 e. The minimum Gasteiger partial charge on any atom is -0.399 e. The van der Waals surface area contributed by atoms with Crippen molar-refractivity contribution in [3.63, 3.8) is 0 Å². The Balaban J connectivity index is 0.000000277. The summed E-state index contributed by atoms with van der Waals surface area (Å²) in [6.45, 7) is 0. The second kappa shape index (κ2) is 8.06. The van der Waals surface area contributed by atoms with Gasteiger partial charge in [-0.2, -0.15) is 8.42 Å². The van der Waals surface area contributed by atoms with Crippen molar-refractivity contribution in [1.82, 2.24) is 0 Å². The van der Waals surface area contributed by atoms with Gasteiger partial charge in [0.05, 0.1) is 0 Å². The summed E-state index contributed by atoms with van der Waals surface area (Å²) in [5.41, 5.74) is 6.23. The van der Waals surface area contributed by atoms with Gasteiger partial charge in [-0.3, -0.25) is 4.55 Å². The first-order valence-electron chi connectivity index (χ1n) is 6.03. The summed E-state index contributed by atoms with van der Waals surface area (Å²) in [7, 11) is -5.55. The van der Waals surface area contributed by atoms with Gasteiger partial charge in [-0.1, -0.05) is 27.7 Å². The fraction of sp³-hybridized carbons (Fsp3) is 0.0769. The first kappa shape index (κ1) is 19.1. The SMILES string of the molecule is C[N+](c1cccc(S(=O)(=O)O)c1)=S(=O)=O.Nc1cccc(Cl)c1. The number of rotatable bonds is 2. The van der Waals surface area contributed by atoms with Gasteiger partial charge in [0.25, 0.3) is 10.1 Å². The molecule has 10 heteroatoms. The van der Waals surface area contributed by atoms with Crippen LogP contribution < -0.4 is 5.73 Å². The van der Waals surface area contributed by atoms with Gasteiger partial charge in [0.2, 0.25) is 5.69 Å². The van der Waals surface area contributed by atoms with Crippen molar-refractivity contribution in [3.05, 3.63) is 53.6 Å². The van der Waals surface area contributed by atoms with Crippen molar-refractivity contribution in [2.45, 2.75) is 4.90 Å². The van der Waals surface area contributed by atoms with Crippen LogP contribution in [0.4, 0.5) is 11.4 Å². The normalized spacial score (nSPS) is 10.4. The van der Waals surface area contributed by atoms with Crippen LogP contribution in [0.25, 0.3) is 0 Å². The van der Waals surface area contributed by atoms with Crippen LogP contribution in [-0.4, -0.2) is 32.4 Å². The van der Waals surface area contributed by atoms with Crippen molar-refractivity contribution in [3.8, 4) is 0 Å². The highest BCUT2D eigenvalue weighted by Crippen LogP contribution is 2.16. The summed E-state index contributed by atoms with van der Waals surface area (Å²) >= 11 is 5.56. The van der Waals surface area contributed by atoms with E-state index in [1.54, 1.807) is 18.2 Å². The Morgan fingerprint density at radius 3 is 2.17 bits per heavy atom. The van der Waals surface area contributed by atoms with Gasteiger partial charge in [-0.05, 0) is 24.3 Å². The van der Waals surface area contributed by atoms with Gasteiger partial charge in [-0.15, -0.1) is 8.42 Å². The molecule has 0 aromatic heterocycles. The zero-order valence-corrected chi connectivity index (χ0v) is 14.3. The third kappa shape index (κ3) is 6.37. The molecular weight excluding hydrogens is 364 g/mol. The highest BCUT2D eigenvalue weighted by molar-refractivity contribution is 7.85. The molecule has 0 bridgehead atoms. The number of nitrogen functional groups attached to an aromatic ring is 1. The molecule has 23 heavy (non-hydrogen) atoms. The summed E-state index contributed by atoms with van der Waals surface area (Å²) in [5, 5.41) is 0.685. The second-order valence-electron chi connectivity index (χ2n) is 4.24. The number of benzene rings is 2. The average molecular weight is 378 g/mol. The summed E-state index contributed by atoms with van der Waals surface area (Å²) in [4.78, 5) is -0.350. The van der Waals surface area contributed by atoms with Crippen LogP contribution in [0, 0.1) is 0 Å². The van der Waals surface area contributed by atoms with Gasteiger partial charge in [-0.25, -0.2) is 0 Å². The van der Waals surface area contributed by atoms with Gasteiger partial charge in [0.15, 0.2) is 7.05 Å². The van der Waals surface area contributed by atoms with E-state index in [4.69, 9.17) is 21.9 Å². The Morgan fingerprint density at radius 2 is 1.74 bits per heavy atom. The third-order valence-corrected chi connectivity index (χ3v) is 4.29. The highest BCUT2D eigenvalue weighted by Gasteiger charge is 2.14. The lowest BCUT2D eigenvalue weighted by Gasteiger charge is -1.95. The number of anilines is 1. The van der Waals surface area contributed by atoms with E-state index in [9.17, 15) is 16.8 Å². The van der Waals surface area contributed by atoms with Crippen LogP contribution in [0.5, 0.6) is 0 Å². The topological polar surface area (TPSA) is 118 Å². The molecule has 2 aromatic rings. The number of nitrogens with two attached hydrogens (primary N) is 1. The average Bonchev–Trinajstić information content (AvgIpc) is 2.46. The predicted octanol–water partition coefficient (Wildman–Crippen LogP) is 2.19. The van der Waals surface area contributed by atoms with Crippen LogP contribution >= 0.6 is 11.6 Å². The van der Waals surface area contributed by atoms with Gasteiger partial charge >= 0.3 is 10.5 Å². The molecule has 0 spiro atoms. The van der Waals surface area contributed by atoms with Crippen LogP contribution in [-0.2, 0) is 20.6 Å². The maximum atomic E-state index is 10.8. The summed E-state index contributed by atoms with van der Waals surface area (Å²) in [5.74, 6) is 0. The van der Waals surface area contributed by atoms with Crippen molar-refractivity contribution in [2.24, 2.45) is 0 Å². The number of nitrogens with zero attached hydrogens (tertiary/aromatic N) is 1. The molecule has 2 aromatic carbocycles. The molecule has 124 valence electrons. The van der Waals surface area contributed by atoms with Crippen molar-refractivity contribution in [2.75, 3.05) is 12.8 Å². The Labute approximate surface area is 140 Å². The molecule has 0 aliphatic heterocycles. The monoisotopic (exact) mass is 377 g/mol. The number of halogens is 1. The fourth-order valence-electron chi connectivity index (χ4n) is 1.43. The van der Waals surface area contributed by atoms with E-state index in [-0.39, 0.29) is 10.6 Å². The summed E-state index contributed by atoms with van der Waals surface area (Å²) < 4.78 is 52.2. The molecule has 3 N–H and O–H groups in total. The lowest BCUT2D eigenvalue weighted by Crippen LogP contribution is -2.00. The van der Waals surface area contributed by atoms with Gasteiger partial charge in [0.1, 0.15) is 4.90 Å². The molecular formula is C13H14ClN2O5S2+. The summed E-state index contributed by atoms with van der Waals surface area (Å²) in [6, 6.07) is 12.1. The standard InChI is InChI=1S/C7H7NO5S2.C6H6ClN/c1-8(14(9)10)6-3-2-4-7(5-6)15(11,12)13;7-5-2-1-3-6(8)4-5/h2-5H,1H3;1-4H,8H2/p+1. The minimum atomic E-state index is -4.31. The Hall–Kier alpha value is -1.94. The van der Waals surface area contributed by atoms with E-state index in [1.807, 2.05) is 6.07 Å². The van der Waals surface area contributed by atoms with Crippen LogP contribution in [0.15, 0.2) is 53.4 Å². The first-order valence-corrected chi connectivity index (χ1v) is 8.88. The van der Waals surface area contributed by atoms with E-state index in [1.165, 1.54) is 25.2 Å². The molecule has 0 aliphatic carbocycles. The fourth-order valence-corrected chi connectivity index (χ4v) is 2.44. The largest absolute Gasteiger partial charge is 0.464 e. The maximum absolute atomic E-state index is 10.8. The Morgan fingerprint density at radius 1 is 1.13 bits per heavy atom. The number of hydrogen-bond donors (Lipinski definition) is 2. The minimum absolute atomic E-state index is 0.151. The Bertz CT molecular complexity index is 915. The lowest BCUT2D eigenvalue weighted by atomic mass is 10.3. The molecule has 0 unspecified atom stereocenters. The van der Waals surface area contributed by atoms with E-state index >= 15 is 0 Å². The molecule has 2 rings (SSSR count). The molecule has 0 atom stereocenters. The summed E-state index contributed by atoms with van der Waals surface area (Å²) in [6.07, 6.45) is 0. The zero-order chi connectivity index (χ0) is 17.6. The van der Waals surface area contributed by atoms with Crippen molar-refractivity contribution in [1.29, 1.82) is 0 Å². The third-order valence-electron chi connectivity index (χ3n) is 2.55. The molecule has 0 saturated carbocycles. The van der Waals surface area contributed by atoms with E-state index < -0.39 is 20.6 Å². The van der Waals surface area contributed by atoms with E-state index in [0.29, 0.717) is 10.7 Å². The quantitative estimate of drug-likeness (QED) is 0.470. The predicted molar refractivity (Wildman–Crippen MR) is 86.9 cm³/mol. The molecule has 0 radical (unpaired) electrons. The molecule has 7 nitrogen and oxygen atoms in total. The molecule has 0 aliphatic rings. The van der Waals surface area contributed by atoms with Crippen LogP contribution in [0.3, 0.4) is 0 Å². The van der Waals surface area contributed by atoms with Crippen LogP contribution in [0.2, 0.25) is 5.02 Å². The first-order chi connectivity index (χ1) is 10.6. The van der Waals surface area contributed by atoms with Crippen molar-refractivity contribution < 1.29 is 25.3 Å². The Kier molecular flexibility index (Phi) is 6.70. The number of hydrogen-bond acceptors (Lipinski definition) is 5. The zero-order valence-electron chi connectivity index (χ0n) is 11.9. The van der Waals surface area contributed by atoms with Gasteiger partial charge in [0, 0.05) is 22.8 Å². The van der Waals surface area contributed by atoms with E-state index in [0.717, 1.165) is 10.0 Å². The second-order valence-corrected chi connectivity index (χ2v) is 7.08. The van der Waals surface area contributed by atoms with Crippen molar-refractivity contribution >= 4 is 43.6 Å². The maximum Gasteiger partial charge on any atom is 0.464 e. The van der Waals surface area contributed by atoms with Gasteiger partial charge < -0.3 is 5.73 Å². The molecule has 0 amide bonds. The molecule has 0 fully saturated rings.